The van der Waals surface area contributed by atoms with Gasteiger partial charge in [-0.25, -0.2) is 5.12 Å². The van der Waals surface area contributed by atoms with E-state index in [-0.39, 0.29) is 0 Å². The number of benzene rings is 2. The molecular formula is C15H16N4. The molecule has 4 nitrogen and oxygen atoms in total. The molecule has 1 heterocycles. The maximum absolute atomic E-state index is 3.35. The van der Waals surface area contributed by atoms with Gasteiger partial charge in [0.15, 0.2) is 0 Å². The summed E-state index contributed by atoms with van der Waals surface area (Å²) in [5, 5.41) is 3.94. The summed E-state index contributed by atoms with van der Waals surface area (Å²) < 4.78 is 0. The van der Waals surface area contributed by atoms with Gasteiger partial charge >= 0.3 is 0 Å². The Morgan fingerprint density at radius 3 is 1.95 bits per heavy atom. The molecule has 0 fully saturated rings. The zero-order valence-corrected chi connectivity index (χ0v) is 10.5. The zero-order chi connectivity index (χ0) is 12.9. The molecular weight excluding hydrogens is 236 g/mol. The normalized spacial score (nSPS) is 14.6. The molecule has 0 amide bonds. The molecule has 1 aliphatic heterocycles. The third-order valence-electron chi connectivity index (χ3n) is 2.83. The second-order valence-electron chi connectivity index (χ2n) is 4.27. The molecule has 0 spiro atoms. The lowest BCUT2D eigenvalue weighted by Gasteiger charge is -2.30. The first kappa shape index (κ1) is 11.6. The zero-order valence-electron chi connectivity index (χ0n) is 10.5. The Morgan fingerprint density at radius 2 is 1.32 bits per heavy atom. The quantitative estimate of drug-likeness (QED) is 0.875. The van der Waals surface area contributed by atoms with Gasteiger partial charge in [0.05, 0.1) is 17.9 Å². The molecule has 2 aromatic carbocycles. The van der Waals surface area contributed by atoms with E-state index in [1.54, 1.807) is 0 Å². The highest BCUT2D eigenvalue weighted by atomic mass is 15.9. The number of nitrogens with zero attached hydrogens (tertiary/aromatic N) is 2. The Labute approximate surface area is 112 Å². The van der Waals surface area contributed by atoms with Gasteiger partial charge in [0.1, 0.15) is 0 Å². The van der Waals surface area contributed by atoms with Crippen molar-refractivity contribution in [3.63, 3.8) is 0 Å². The summed E-state index contributed by atoms with van der Waals surface area (Å²) in [7, 11) is 0. The first-order valence-corrected chi connectivity index (χ1v) is 6.28. The average Bonchev–Trinajstić information content (AvgIpc) is 2.88. The van der Waals surface area contributed by atoms with Crippen molar-refractivity contribution < 1.29 is 0 Å². The highest BCUT2D eigenvalue weighted by molar-refractivity contribution is 5.43. The summed E-state index contributed by atoms with van der Waals surface area (Å²) in [5.41, 5.74) is 8.78. The van der Waals surface area contributed by atoms with E-state index in [9.17, 15) is 0 Å². The van der Waals surface area contributed by atoms with Crippen molar-refractivity contribution >= 4 is 11.4 Å². The molecule has 4 heteroatoms. The third kappa shape index (κ3) is 2.86. The van der Waals surface area contributed by atoms with Gasteiger partial charge in [0, 0.05) is 6.20 Å². The minimum absolute atomic E-state index is 0.814. The summed E-state index contributed by atoms with van der Waals surface area (Å²) in [6.45, 7) is 0.814. The van der Waals surface area contributed by atoms with Crippen molar-refractivity contribution in [3.8, 4) is 0 Å². The maximum atomic E-state index is 3.35. The van der Waals surface area contributed by atoms with E-state index in [0.717, 1.165) is 17.9 Å². The predicted molar refractivity (Wildman–Crippen MR) is 77.8 cm³/mol. The number of hydrogen-bond acceptors (Lipinski definition) is 4. The van der Waals surface area contributed by atoms with Crippen molar-refractivity contribution in [3.05, 3.63) is 72.9 Å². The van der Waals surface area contributed by atoms with Gasteiger partial charge in [0.25, 0.3) is 0 Å². The van der Waals surface area contributed by atoms with Crippen molar-refractivity contribution in [1.29, 1.82) is 0 Å². The number of anilines is 2. The van der Waals surface area contributed by atoms with Crippen LogP contribution in [0.3, 0.4) is 0 Å². The standard InChI is InChI=1S/C15H16N4/c1-3-8-14(9-4-1)16-18-12-7-13-19(18)17-15-10-5-2-6-11-15/h1-12,16-17H,13H2. The van der Waals surface area contributed by atoms with Gasteiger partial charge < -0.3 is 0 Å². The van der Waals surface area contributed by atoms with Crippen molar-refractivity contribution in [2.45, 2.75) is 0 Å². The first-order chi connectivity index (χ1) is 9.42. The molecule has 96 valence electrons. The van der Waals surface area contributed by atoms with Gasteiger partial charge in [-0.1, -0.05) is 36.4 Å². The lowest BCUT2D eigenvalue weighted by molar-refractivity contribution is 0.113. The van der Waals surface area contributed by atoms with E-state index in [1.807, 2.05) is 77.1 Å². The second-order valence-corrected chi connectivity index (χ2v) is 4.27. The highest BCUT2D eigenvalue weighted by Crippen LogP contribution is 2.15. The Balaban J connectivity index is 1.66. The van der Waals surface area contributed by atoms with Crippen LogP contribution >= 0.6 is 0 Å². The van der Waals surface area contributed by atoms with E-state index in [2.05, 4.69) is 16.9 Å². The van der Waals surface area contributed by atoms with E-state index < -0.39 is 0 Å². The Kier molecular flexibility index (Phi) is 3.34. The second kappa shape index (κ2) is 5.46. The molecule has 0 atom stereocenters. The van der Waals surface area contributed by atoms with Crippen LogP contribution in [0.1, 0.15) is 0 Å². The minimum atomic E-state index is 0.814. The fourth-order valence-corrected chi connectivity index (χ4v) is 1.92. The molecule has 19 heavy (non-hydrogen) atoms. The lowest BCUT2D eigenvalue weighted by atomic mass is 10.3. The fraction of sp³-hybridized carbons (Fsp3) is 0.0667. The van der Waals surface area contributed by atoms with Crippen LogP contribution in [-0.4, -0.2) is 16.8 Å². The van der Waals surface area contributed by atoms with E-state index in [1.165, 1.54) is 0 Å². The summed E-state index contributed by atoms with van der Waals surface area (Å²) in [6, 6.07) is 20.2. The van der Waals surface area contributed by atoms with Crippen LogP contribution in [0.4, 0.5) is 11.4 Å². The van der Waals surface area contributed by atoms with Gasteiger partial charge in [-0.3, -0.25) is 10.9 Å². The largest absolute Gasteiger partial charge is 0.300 e. The predicted octanol–water partition coefficient (Wildman–Crippen LogP) is 3.09. The molecule has 0 unspecified atom stereocenters. The molecule has 0 radical (unpaired) electrons. The van der Waals surface area contributed by atoms with Crippen LogP contribution in [0.2, 0.25) is 0 Å². The molecule has 3 rings (SSSR count). The van der Waals surface area contributed by atoms with E-state index in [4.69, 9.17) is 0 Å². The van der Waals surface area contributed by atoms with E-state index >= 15 is 0 Å². The molecule has 0 aromatic heterocycles. The third-order valence-corrected chi connectivity index (χ3v) is 2.83. The molecule has 0 bridgehead atoms. The number of hydrogen-bond donors (Lipinski definition) is 2. The van der Waals surface area contributed by atoms with Crippen molar-refractivity contribution in [2.75, 3.05) is 17.4 Å². The number of nitrogens with one attached hydrogen (secondary N) is 2. The summed E-state index contributed by atoms with van der Waals surface area (Å²) in [6.07, 6.45) is 4.09. The molecule has 1 aliphatic rings. The van der Waals surface area contributed by atoms with Crippen LogP contribution in [0.25, 0.3) is 0 Å². The maximum Gasteiger partial charge on any atom is 0.0608 e. The van der Waals surface area contributed by atoms with Gasteiger partial charge in [-0.15, -0.1) is 5.12 Å². The average molecular weight is 252 g/mol. The van der Waals surface area contributed by atoms with Gasteiger partial charge in [-0.05, 0) is 30.3 Å². The molecule has 0 saturated carbocycles. The molecule has 0 saturated heterocycles. The van der Waals surface area contributed by atoms with Crippen LogP contribution in [0, 0.1) is 0 Å². The van der Waals surface area contributed by atoms with Gasteiger partial charge in [-0.2, -0.15) is 0 Å². The lowest BCUT2D eigenvalue weighted by Crippen LogP contribution is -2.43. The fourth-order valence-electron chi connectivity index (χ4n) is 1.92. The summed E-state index contributed by atoms with van der Waals surface area (Å²) in [5.74, 6) is 0. The highest BCUT2D eigenvalue weighted by Gasteiger charge is 2.15. The monoisotopic (exact) mass is 252 g/mol. The van der Waals surface area contributed by atoms with E-state index in [0.29, 0.717) is 0 Å². The number of hydrazine groups is 3. The van der Waals surface area contributed by atoms with Gasteiger partial charge in [0.2, 0.25) is 0 Å². The molecule has 2 N–H and O–H groups in total. The molecule has 2 aromatic rings. The first-order valence-electron chi connectivity index (χ1n) is 6.28. The minimum Gasteiger partial charge on any atom is -0.300 e. The number of rotatable bonds is 4. The summed E-state index contributed by atoms with van der Waals surface area (Å²) in [4.78, 5) is 0. The van der Waals surface area contributed by atoms with Crippen LogP contribution in [0.15, 0.2) is 72.9 Å². The van der Waals surface area contributed by atoms with Crippen LogP contribution in [-0.2, 0) is 0 Å². The van der Waals surface area contributed by atoms with Crippen molar-refractivity contribution in [2.24, 2.45) is 0 Å². The van der Waals surface area contributed by atoms with Crippen LogP contribution in [0.5, 0.6) is 0 Å². The molecule has 0 aliphatic carbocycles. The smallest absolute Gasteiger partial charge is 0.0608 e. The SMILES string of the molecule is C1=CN(Nc2ccccc2)N(Nc2ccccc2)C1. The Bertz CT molecular complexity index is 539. The number of para-hydroxylation sites is 2. The summed E-state index contributed by atoms with van der Waals surface area (Å²) >= 11 is 0. The topological polar surface area (TPSA) is 30.5 Å². The Hall–Kier alpha value is -2.46. The van der Waals surface area contributed by atoms with Crippen LogP contribution < -0.4 is 10.9 Å². The van der Waals surface area contributed by atoms with Crippen molar-refractivity contribution in [1.82, 2.24) is 10.2 Å². The Morgan fingerprint density at radius 1 is 0.737 bits per heavy atom.